The van der Waals surface area contributed by atoms with Gasteiger partial charge in [0.25, 0.3) is 0 Å². The van der Waals surface area contributed by atoms with Gasteiger partial charge in [-0.25, -0.2) is 0 Å². The Hall–Kier alpha value is -0.930. The monoisotopic (exact) mass is 233 g/mol. The van der Waals surface area contributed by atoms with E-state index in [1.54, 1.807) is 0 Å². The standard InChI is InChI=1S/C14H19NO2/c1-10-14(16,7-9-17-10)12-6-2-4-11-5-3-8-15-13(11)12/h3,5,8,10,12,16H,2,4,6-7,9H2,1H3. The Morgan fingerprint density at radius 3 is 3.18 bits per heavy atom. The second kappa shape index (κ2) is 4.07. The van der Waals surface area contributed by atoms with Crippen molar-refractivity contribution < 1.29 is 9.84 Å². The molecular formula is C14H19NO2. The van der Waals surface area contributed by atoms with Gasteiger partial charge in [0.2, 0.25) is 0 Å². The molecule has 1 aromatic heterocycles. The fourth-order valence-corrected chi connectivity index (χ4v) is 3.30. The van der Waals surface area contributed by atoms with Crippen LogP contribution >= 0.6 is 0 Å². The van der Waals surface area contributed by atoms with Gasteiger partial charge in [-0.15, -0.1) is 0 Å². The van der Waals surface area contributed by atoms with Crippen LogP contribution < -0.4 is 0 Å². The zero-order valence-electron chi connectivity index (χ0n) is 10.2. The van der Waals surface area contributed by atoms with Crippen LogP contribution in [0.3, 0.4) is 0 Å². The van der Waals surface area contributed by atoms with Gasteiger partial charge in [0.1, 0.15) is 5.60 Å². The molecule has 1 aliphatic heterocycles. The molecule has 0 aromatic carbocycles. The van der Waals surface area contributed by atoms with Crippen LogP contribution in [0.2, 0.25) is 0 Å². The summed E-state index contributed by atoms with van der Waals surface area (Å²) in [5, 5.41) is 10.9. The number of hydrogen-bond acceptors (Lipinski definition) is 3. The Bertz CT molecular complexity index is 420. The van der Waals surface area contributed by atoms with Crippen LogP contribution in [0.5, 0.6) is 0 Å². The van der Waals surface area contributed by atoms with E-state index >= 15 is 0 Å². The summed E-state index contributed by atoms with van der Waals surface area (Å²) in [4.78, 5) is 4.51. The van der Waals surface area contributed by atoms with E-state index in [1.165, 1.54) is 5.56 Å². The lowest BCUT2D eigenvalue weighted by Gasteiger charge is -2.37. The first-order chi connectivity index (χ1) is 8.22. The molecule has 1 aliphatic carbocycles. The van der Waals surface area contributed by atoms with E-state index in [0.717, 1.165) is 31.4 Å². The van der Waals surface area contributed by atoms with E-state index in [1.807, 2.05) is 19.2 Å². The zero-order valence-corrected chi connectivity index (χ0v) is 10.2. The fraction of sp³-hybridized carbons (Fsp3) is 0.643. The summed E-state index contributed by atoms with van der Waals surface area (Å²) >= 11 is 0. The quantitative estimate of drug-likeness (QED) is 0.807. The molecule has 3 unspecified atom stereocenters. The van der Waals surface area contributed by atoms with E-state index in [-0.39, 0.29) is 12.0 Å². The summed E-state index contributed by atoms with van der Waals surface area (Å²) in [6.07, 6.45) is 5.73. The third kappa shape index (κ3) is 1.69. The SMILES string of the molecule is CC1OCCC1(O)C1CCCc2cccnc21. The Balaban J connectivity index is 2.00. The number of rotatable bonds is 1. The van der Waals surface area contributed by atoms with Crippen LogP contribution in [0.25, 0.3) is 0 Å². The van der Waals surface area contributed by atoms with Crippen molar-refractivity contribution >= 4 is 0 Å². The van der Waals surface area contributed by atoms with Crippen LogP contribution in [0.1, 0.15) is 43.4 Å². The lowest BCUT2D eigenvalue weighted by Crippen LogP contribution is -2.44. The van der Waals surface area contributed by atoms with Crippen molar-refractivity contribution in [3.63, 3.8) is 0 Å². The number of aromatic nitrogens is 1. The predicted octanol–water partition coefficient (Wildman–Crippen LogP) is 2.04. The lowest BCUT2D eigenvalue weighted by atomic mass is 9.73. The summed E-state index contributed by atoms with van der Waals surface area (Å²) in [6, 6.07) is 4.12. The molecule has 1 fully saturated rings. The number of fused-ring (bicyclic) bond motifs is 1. The summed E-state index contributed by atoms with van der Waals surface area (Å²) in [5.74, 6) is 0.143. The first-order valence-corrected chi connectivity index (χ1v) is 6.49. The molecule has 3 heteroatoms. The van der Waals surface area contributed by atoms with Crippen molar-refractivity contribution in [1.82, 2.24) is 4.98 Å². The Morgan fingerprint density at radius 2 is 2.41 bits per heavy atom. The highest BCUT2D eigenvalue weighted by molar-refractivity contribution is 5.29. The van der Waals surface area contributed by atoms with Gasteiger partial charge in [-0.2, -0.15) is 0 Å². The van der Waals surface area contributed by atoms with E-state index in [0.29, 0.717) is 6.61 Å². The predicted molar refractivity (Wildman–Crippen MR) is 64.9 cm³/mol. The third-order valence-electron chi connectivity index (χ3n) is 4.37. The highest BCUT2D eigenvalue weighted by Crippen LogP contribution is 2.44. The molecule has 0 bridgehead atoms. The minimum Gasteiger partial charge on any atom is -0.386 e. The highest BCUT2D eigenvalue weighted by Gasteiger charge is 2.48. The second-order valence-electron chi connectivity index (χ2n) is 5.25. The van der Waals surface area contributed by atoms with Crippen LogP contribution in [0.15, 0.2) is 18.3 Å². The molecule has 1 N–H and O–H groups in total. The minimum absolute atomic E-state index is 0.0829. The molecule has 3 atom stereocenters. The van der Waals surface area contributed by atoms with Crippen LogP contribution in [-0.2, 0) is 11.2 Å². The van der Waals surface area contributed by atoms with Crippen LogP contribution in [0, 0.1) is 0 Å². The van der Waals surface area contributed by atoms with Gasteiger partial charge in [-0.3, -0.25) is 4.98 Å². The molecule has 0 spiro atoms. The topological polar surface area (TPSA) is 42.4 Å². The summed E-state index contributed by atoms with van der Waals surface area (Å²) in [5.41, 5.74) is 1.68. The number of aliphatic hydroxyl groups is 1. The summed E-state index contributed by atoms with van der Waals surface area (Å²) in [6.45, 7) is 2.64. The number of hydrogen-bond donors (Lipinski definition) is 1. The molecule has 92 valence electrons. The Kier molecular flexibility index (Phi) is 2.68. The van der Waals surface area contributed by atoms with E-state index in [4.69, 9.17) is 4.74 Å². The number of ether oxygens (including phenoxy) is 1. The van der Waals surface area contributed by atoms with Crippen molar-refractivity contribution in [3.8, 4) is 0 Å². The van der Waals surface area contributed by atoms with E-state index in [2.05, 4.69) is 11.1 Å². The maximum Gasteiger partial charge on any atom is 0.101 e. The van der Waals surface area contributed by atoms with E-state index < -0.39 is 5.60 Å². The van der Waals surface area contributed by atoms with Crippen LogP contribution in [0.4, 0.5) is 0 Å². The smallest absolute Gasteiger partial charge is 0.101 e. The lowest BCUT2D eigenvalue weighted by molar-refractivity contribution is -0.0514. The van der Waals surface area contributed by atoms with Crippen molar-refractivity contribution in [1.29, 1.82) is 0 Å². The number of aryl methyl sites for hydroxylation is 1. The fourth-order valence-electron chi connectivity index (χ4n) is 3.30. The highest BCUT2D eigenvalue weighted by atomic mass is 16.5. The van der Waals surface area contributed by atoms with E-state index in [9.17, 15) is 5.11 Å². The van der Waals surface area contributed by atoms with Crippen molar-refractivity contribution in [3.05, 3.63) is 29.6 Å². The molecule has 17 heavy (non-hydrogen) atoms. The van der Waals surface area contributed by atoms with Gasteiger partial charge in [-0.1, -0.05) is 6.07 Å². The Morgan fingerprint density at radius 1 is 1.53 bits per heavy atom. The molecule has 2 aliphatic rings. The van der Waals surface area contributed by atoms with Gasteiger partial charge in [0.15, 0.2) is 0 Å². The van der Waals surface area contributed by atoms with Gasteiger partial charge in [-0.05, 0) is 37.8 Å². The van der Waals surface area contributed by atoms with Gasteiger partial charge in [0.05, 0.1) is 6.10 Å². The second-order valence-corrected chi connectivity index (χ2v) is 5.25. The first-order valence-electron chi connectivity index (χ1n) is 6.49. The average molecular weight is 233 g/mol. The largest absolute Gasteiger partial charge is 0.386 e. The normalized spacial score (nSPS) is 36.8. The summed E-state index contributed by atoms with van der Waals surface area (Å²) in [7, 11) is 0. The molecule has 1 aromatic rings. The third-order valence-corrected chi connectivity index (χ3v) is 4.37. The summed E-state index contributed by atoms with van der Waals surface area (Å²) < 4.78 is 5.56. The number of nitrogens with zero attached hydrogens (tertiary/aromatic N) is 1. The minimum atomic E-state index is -0.719. The van der Waals surface area contributed by atoms with Gasteiger partial charge in [0, 0.05) is 30.8 Å². The van der Waals surface area contributed by atoms with Crippen molar-refractivity contribution in [2.24, 2.45) is 0 Å². The van der Waals surface area contributed by atoms with Gasteiger partial charge >= 0.3 is 0 Å². The number of pyridine rings is 1. The molecule has 3 nitrogen and oxygen atoms in total. The molecule has 0 saturated carbocycles. The molecule has 2 heterocycles. The molecular weight excluding hydrogens is 214 g/mol. The molecule has 0 amide bonds. The van der Waals surface area contributed by atoms with Gasteiger partial charge < -0.3 is 9.84 Å². The maximum atomic E-state index is 10.9. The van der Waals surface area contributed by atoms with Crippen molar-refractivity contribution in [2.75, 3.05) is 6.61 Å². The molecule has 1 saturated heterocycles. The van der Waals surface area contributed by atoms with Crippen molar-refractivity contribution in [2.45, 2.75) is 50.2 Å². The Labute approximate surface area is 102 Å². The van der Waals surface area contributed by atoms with Crippen LogP contribution in [-0.4, -0.2) is 28.4 Å². The zero-order chi connectivity index (χ0) is 11.9. The average Bonchev–Trinajstić information content (AvgIpc) is 2.70. The maximum absolute atomic E-state index is 10.9. The first kappa shape index (κ1) is 11.2. The molecule has 3 rings (SSSR count). The molecule has 0 radical (unpaired) electrons.